The Balaban J connectivity index is 0.00000144. The molecule has 1 aliphatic heterocycles. The summed E-state index contributed by atoms with van der Waals surface area (Å²) >= 11 is 0. The molecule has 1 saturated heterocycles. The van der Waals surface area contributed by atoms with Gasteiger partial charge in [-0.3, -0.25) is 4.99 Å². The predicted octanol–water partition coefficient (Wildman–Crippen LogP) is 1.88. The molecule has 0 aromatic heterocycles. The topological polar surface area (TPSA) is 59.6 Å². The lowest BCUT2D eigenvalue weighted by Gasteiger charge is -2.25. The van der Waals surface area contributed by atoms with Gasteiger partial charge >= 0.3 is 0 Å². The molecule has 1 aliphatic carbocycles. The molecule has 3 N–H and O–H groups in total. The highest BCUT2D eigenvalue weighted by Crippen LogP contribution is 2.28. The summed E-state index contributed by atoms with van der Waals surface area (Å²) in [6.45, 7) is 2.56. The fourth-order valence-electron chi connectivity index (χ4n) is 2.23. The van der Waals surface area contributed by atoms with Crippen molar-refractivity contribution in [3.05, 3.63) is 0 Å². The largest absolute Gasteiger partial charge is 0.376 e. The van der Waals surface area contributed by atoms with Crippen LogP contribution in [-0.4, -0.2) is 31.8 Å². The Labute approximate surface area is 121 Å². The van der Waals surface area contributed by atoms with E-state index in [1.54, 1.807) is 0 Å². The summed E-state index contributed by atoms with van der Waals surface area (Å²) in [5.74, 6) is 1.51. The Bertz CT molecular complexity index is 238. The van der Waals surface area contributed by atoms with Crippen LogP contribution in [0.3, 0.4) is 0 Å². The maximum Gasteiger partial charge on any atom is 0.188 e. The number of hydrogen-bond acceptors (Lipinski definition) is 2. The SMILES string of the molecule is I.NC(=NCC1CCCO1)NCCC1CCC1. The molecule has 2 rings (SSSR count). The van der Waals surface area contributed by atoms with Crippen molar-refractivity contribution in [3.63, 3.8) is 0 Å². The van der Waals surface area contributed by atoms with Crippen molar-refractivity contribution in [2.24, 2.45) is 16.6 Å². The number of ether oxygens (including phenoxy) is 1. The molecule has 1 atom stereocenters. The minimum atomic E-state index is 0. The van der Waals surface area contributed by atoms with Gasteiger partial charge in [0.2, 0.25) is 0 Å². The molecule has 17 heavy (non-hydrogen) atoms. The fourth-order valence-corrected chi connectivity index (χ4v) is 2.23. The Morgan fingerprint density at radius 3 is 2.71 bits per heavy atom. The first-order valence-corrected chi connectivity index (χ1v) is 6.50. The molecule has 0 aromatic rings. The molecule has 1 unspecified atom stereocenters. The van der Waals surface area contributed by atoms with Crippen molar-refractivity contribution in [1.29, 1.82) is 0 Å². The fraction of sp³-hybridized carbons (Fsp3) is 0.917. The van der Waals surface area contributed by atoms with Gasteiger partial charge in [-0.2, -0.15) is 0 Å². The first-order valence-electron chi connectivity index (χ1n) is 6.50. The van der Waals surface area contributed by atoms with E-state index in [9.17, 15) is 0 Å². The van der Waals surface area contributed by atoms with Gasteiger partial charge in [0.05, 0.1) is 12.6 Å². The van der Waals surface area contributed by atoms with Gasteiger partial charge < -0.3 is 15.8 Å². The number of nitrogens with one attached hydrogen (secondary N) is 1. The van der Waals surface area contributed by atoms with Crippen LogP contribution in [0.15, 0.2) is 4.99 Å². The highest BCUT2D eigenvalue weighted by Gasteiger charge is 2.17. The quantitative estimate of drug-likeness (QED) is 0.451. The summed E-state index contributed by atoms with van der Waals surface area (Å²) in [4.78, 5) is 4.31. The Morgan fingerprint density at radius 1 is 1.29 bits per heavy atom. The normalized spacial score (nSPS) is 25.2. The molecule has 5 heteroatoms. The standard InChI is InChI=1S/C12H23N3O.HI/c13-12(14-7-6-10-3-1-4-10)15-9-11-5-2-8-16-11;/h10-11H,1-9H2,(H3,13,14,15);1H. The molecule has 2 aliphatic rings. The number of nitrogens with zero attached hydrogens (tertiary/aromatic N) is 1. The van der Waals surface area contributed by atoms with E-state index in [1.807, 2.05) is 0 Å². The first-order chi connectivity index (χ1) is 7.84. The molecule has 0 spiro atoms. The van der Waals surface area contributed by atoms with Gasteiger partial charge in [-0.25, -0.2) is 0 Å². The molecule has 1 saturated carbocycles. The summed E-state index contributed by atoms with van der Waals surface area (Å²) < 4.78 is 5.48. The third-order valence-corrected chi connectivity index (χ3v) is 3.57. The van der Waals surface area contributed by atoms with E-state index in [0.717, 1.165) is 31.9 Å². The lowest BCUT2D eigenvalue weighted by atomic mass is 9.83. The Morgan fingerprint density at radius 2 is 2.12 bits per heavy atom. The maximum atomic E-state index is 5.78. The Kier molecular flexibility index (Phi) is 7.18. The van der Waals surface area contributed by atoms with Gasteiger partial charge in [-0.05, 0) is 25.2 Å². The summed E-state index contributed by atoms with van der Waals surface area (Å²) in [5.41, 5.74) is 5.78. The Hall–Kier alpha value is -0.0400. The second-order valence-electron chi connectivity index (χ2n) is 4.87. The lowest BCUT2D eigenvalue weighted by molar-refractivity contribution is 0.117. The predicted molar refractivity (Wildman–Crippen MR) is 80.8 cm³/mol. The number of guanidine groups is 1. The van der Waals surface area contributed by atoms with Crippen LogP contribution >= 0.6 is 24.0 Å². The minimum Gasteiger partial charge on any atom is -0.376 e. The van der Waals surface area contributed by atoms with Crippen molar-refractivity contribution in [2.45, 2.75) is 44.6 Å². The molecule has 1 heterocycles. The summed E-state index contributed by atoms with van der Waals surface area (Å²) in [7, 11) is 0. The average molecular weight is 353 g/mol. The first kappa shape index (κ1) is 15.0. The second kappa shape index (κ2) is 8.13. The van der Waals surface area contributed by atoms with Gasteiger partial charge in [0, 0.05) is 13.2 Å². The van der Waals surface area contributed by atoms with Gasteiger partial charge in [0.1, 0.15) is 0 Å². The number of halogens is 1. The average Bonchev–Trinajstić information content (AvgIpc) is 2.71. The van der Waals surface area contributed by atoms with Crippen LogP contribution in [0.25, 0.3) is 0 Å². The van der Waals surface area contributed by atoms with E-state index >= 15 is 0 Å². The van der Waals surface area contributed by atoms with Gasteiger partial charge in [-0.15, -0.1) is 24.0 Å². The smallest absolute Gasteiger partial charge is 0.188 e. The van der Waals surface area contributed by atoms with E-state index < -0.39 is 0 Å². The molecule has 2 fully saturated rings. The third-order valence-electron chi connectivity index (χ3n) is 3.57. The second-order valence-corrected chi connectivity index (χ2v) is 4.87. The summed E-state index contributed by atoms with van der Waals surface area (Å²) in [6, 6.07) is 0. The van der Waals surface area contributed by atoms with Crippen molar-refractivity contribution < 1.29 is 4.74 Å². The van der Waals surface area contributed by atoms with Crippen molar-refractivity contribution in [2.75, 3.05) is 19.7 Å². The van der Waals surface area contributed by atoms with Crippen LogP contribution in [0.5, 0.6) is 0 Å². The number of hydrogen-bond donors (Lipinski definition) is 2. The van der Waals surface area contributed by atoms with Gasteiger partial charge in [-0.1, -0.05) is 19.3 Å². The van der Waals surface area contributed by atoms with Crippen LogP contribution in [0.4, 0.5) is 0 Å². The molecule has 0 radical (unpaired) electrons. The molecular weight excluding hydrogens is 329 g/mol. The lowest BCUT2D eigenvalue weighted by Crippen LogP contribution is -2.34. The van der Waals surface area contributed by atoms with Crippen molar-refractivity contribution in [3.8, 4) is 0 Å². The number of aliphatic imine (C=N–C) groups is 1. The molecular formula is C12H24IN3O. The van der Waals surface area contributed by atoms with Crippen LogP contribution < -0.4 is 11.1 Å². The molecule has 0 bridgehead atoms. The van der Waals surface area contributed by atoms with Crippen LogP contribution in [0, 0.1) is 5.92 Å². The zero-order valence-electron chi connectivity index (χ0n) is 10.4. The summed E-state index contributed by atoms with van der Waals surface area (Å²) in [5, 5.41) is 3.18. The van der Waals surface area contributed by atoms with Crippen LogP contribution in [0.1, 0.15) is 38.5 Å². The van der Waals surface area contributed by atoms with E-state index in [-0.39, 0.29) is 24.0 Å². The minimum absolute atomic E-state index is 0. The van der Waals surface area contributed by atoms with E-state index in [2.05, 4.69) is 10.3 Å². The number of nitrogens with two attached hydrogens (primary N) is 1. The van der Waals surface area contributed by atoms with Crippen LogP contribution in [-0.2, 0) is 4.74 Å². The zero-order chi connectivity index (χ0) is 11.2. The van der Waals surface area contributed by atoms with E-state index in [4.69, 9.17) is 10.5 Å². The van der Waals surface area contributed by atoms with Gasteiger partial charge in [0.15, 0.2) is 5.96 Å². The van der Waals surface area contributed by atoms with Gasteiger partial charge in [0.25, 0.3) is 0 Å². The molecule has 4 nitrogen and oxygen atoms in total. The zero-order valence-corrected chi connectivity index (χ0v) is 12.7. The summed E-state index contributed by atoms with van der Waals surface area (Å²) in [6.07, 6.45) is 8.02. The highest BCUT2D eigenvalue weighted by molar-refractivity contribution is 14.0. The van der Waals surface area contributed by atoms with Crippen molar-refractivity contribution in [1.82, 2.24) is 5.32 Å². The highest BCUT2D eigenvalue weighted by atomic mass is 127. The van der Waals surface area contributed by atoms with Crippen LogP contribution in [0.2, 0.25) is 0 Å². The van der Waals surface area contributed by atoms with Crippen molar-refractivity contribution >= 4 is 29.9 Å². The van der Waals surface area contributed by atoms with E-state index in [1.165, 1.54) is 25.7 Å². The molecule has 0 aromatic carbocycles. The van der Waals surface area contributed by atoms with E-state index in [0.29, 0.717) is 18.6 Å². The molecule has 100 valence electrons. The molecule has 0 amide bonds. The monoisotopic (exact) mass is 353 g/mol. The third kappa shape index (κ3) is 5.42. The maximum absolute atomic E-state index is 5.78. The number of rotatable bonds is 5.